The van der Waals surface area contributed by atoms with Crippen molar-refractivity contribution in [3.63, 3.8) is 0 Å². The van der Waals surface area contributed by atoms with E-state index in [1.165, 1.54) is 5.39 Å². The van der Waals surface area contributed by atoms with Crippen molar-refractivity contribution in [2.24, 2.45) is 5.92 Å². The number of benzene rings is 2. The zero-order valence-corrected chi connectivity index (χ0v) is 8.74. The summed E-state index contributed by atoms with van der Waals surface area (Å²) in [5, 5.41) is 2.31. The van der Waals surface area contributed by atoms with Gasteiger partial charge in [-0.15, -0.1) is 0 Å². The fourth-order valence-corrected chi connectivity index (χ4v) is 2.31. The molecule has 2 aromatic carbocycles. The second kappa shape index (κ2) is 3.55. The van der Waals surface area contributed by atoms with E-state index in [2.05, 4.69) is 0 Å². The fraction of sp³-hybridized carbons (Fsp3) is 0.286. The van der Waals surface area contributed by atoms with Crippen LogP contribution in [0, 0.1) is 5.92 Å². The van der Waals surface area contributed by atoms with Crippen LogP contribution in [0.15, 0.2) is 42.5 Å². The molecule has 1 aliphatic rings. The fourth-order valence-electron chi connectivity index (χ4n) is 2.31. The molecule has 1 fully saturated rings. The lowest BCUT2D eigenvalue weighted by Gasteiger charge is -2.03. The van der Waals surface area contributed by atoms with E-state index in [0.717, 1.165) is 10.9 Å². The Morgan fingerprint density at radius 3 is 2.44 bits per heavy atom. The van der Waals surface area contributed by atoms with Gasteiger partial charge >= 0.3 is 0 Å². The van der Waals surface area contributed by atoms with Crippen LogP contribution in [-0.4, -0.2) is 6.43 Å². The zero-order chi connectivity index (χ0) is 11.1. The summed E-state index contributed by atoms with van der Waals surface area (Å²) in [5.74, 6) is -0.342. The molecular formula is C14H12F2. The first kappa shape index (κ1) is 9.76. The van der Waals surface area contributed by atoms with Gasteiger partial charge in [-0.1, -0.05) is 42.5 Å². The first-order chi connectivity index (χ1) is 7.75. The first-order valence-corrected chi connectivity index (χ1v) is 5.52. The summed E-state index contributed by atoms with van der Waals surface area (Å²) in [6, 6.07) is 14.1. The minimum Gasteiger partial charge on any atom is -0.210 e. The van der Waals surface area contributed by atoms with Crippen LogP contribution in [0.3, 0.4) is 0 Å². The average Bonchev–Trinajstić information content (AvgIpc) is 3.08. The molecule has 0 unspecified atom stereocenters. The molecule has 0 aromatic heterocycles. The highest BCUT2D eigenvalue weighted by atomic mass is 19.3. The summed E-state index contributed by atoms with van der Waals surface area (Å²) in [6.07, 6.45) is -1.54. The van der Waals surface area contributed by atoms with Gasteiger partial charge in [-0.05, 0) is 28.7 Å². The normalized spacial score (nSPS) is 23.9. The molecule has 16 heavy (non-hydrogen) atoms. The Morgan fingerprint density at radius 2 is 1.75 bits per heavy atom. The van der Waals surface area contributed by atoms with Gasteiger partial charge < -0.3 is 0 Å². The summed E-state index contributed by atoms with van der Waals surface area (Å²) >= 11 is 0. The average molecular weight is 218 g/mol. The third-order valence-corrected chi connectivity index (χ3v) is 3.37. The van der Waals surface area contributed by atoms with Crippen molar-refractivity contribution in [2.75, 3.05) is 0 Å². The number of rotatable bonds is 2. The number of fused-ring (bicyclic) bond motifs is 1. The van der Waals surface area contributed by atoms with E-state index in [-0.39, 0.29) is 5.92 Å². The van der Waals surface area contributed by atoms with Crippen molar-refractivity contribution in [1.29, 1.82) is 0 Å². The number of hydrogen-bond donors (Lipinski definition) is 0. The lowest BCUT2D eigenvalue weighted by atomic mass is 10.0. The van der Waals surface area contributed by atoms with Crippen LogP contribution in [-0.2, 0) is 0 Å². The lowest BCUT2D eigenvalue weighted by Crippen LogP contribution is -1.95. The highest BCUT2D eigenvalue weighted by Gasteiger charge is 2.44. The molecule has 0 heterocycles. The molecule has 0 aliphatic heterocycles. The van der Waals surface area contributed by atoms with Gasteiger partial charge in [-0.3, -0.25) is 0 Å². The molecule has 0 spiro atoms. The van der Waals surface area contributed by atoms with Crippen LogP contribution in [0.2, 0.25) is 0 Å². The maximum atomic E-state index is 12.5. The van der Waals surface area contributed by atoms with E-state index in [0.29, 0.717) is 6.42 Å². The second-order valence-corrected chi connectivity index (χ2v) is 4.45. The van der Waals surface area contributed by atoms with Crippen molar-refractivity contribution in [3.05, 3.63) is 48.0 Å². The molecule has 0 amide bonds. The summed E-state index contributed by atoms with van der Waals surface area (Å²) in [5.41, 5.74) is 1.06. The van der Waals surface area contributed by atoms with Crippen LogP contribution >= 0.6 is 0 Å². The van der Waals surface area contributed by atoms with Gasteiger partial charge in [0.2, 0.25) is 6.43 Å². The molecule has 1 aliphatic carbocycles. The second-order valence-electron chi connectivity index (χ2n) is 4.45. The minimum atomic E-state index is -2.17. The molecule has 0 radical (unpaired) electrons. The smallest absolute Gasteiger partial charge is 0.210 e. The van der Waals surface area contributed by atoms with Crippen LogP contribution in [0.1, 0.15) is 17.9 Å². The third-order valence-electron chi connectivity index (χ3n) is 3.37. The molecule has 1 saturated carbocycles. The van der Waals surface area contributed by atoms with Crippen LogP contribution < -0.4 is 0 Å². The summed E-state index contributed by atoms with van der Waals surface area (Å²) in [6.45, 7) is 0. The van der Waals surface area contributed by atoms with Gasteiger partial charge in [0.25, 0.3) is 0 Å². The molecule has 0 nitrogen and oxygen atoms in total. The number of hydrogen-bond acceptors (Lipinski definition) is 0. The highest BCUT2D eigenvalue weighted by Crippen LogP contribution is 2.51. The van der Waals surface area contributed by atoms with E-state index < -0.39 is 12.3 Å². The molecule has 82 valence electrons. The summed E-state index contributed by atoms with van der Waals surface area (Å²) in [7, 11) is 0. The van der Waals surface area contributed by atoms with Crippen molar-refractivity contribution >= 4 is 10.8 Å². The van der Waals surface area contributed by atoms with Crippen molar-refractivity contribution in [1.82, 2.24) is 0 Å². The van der Waals surface area contributed by atoms with Crippen molar-refractivity contribution in [3.8, 4) is 0 Å². The maximum absolute atomic E-state index is 12.5. The van der Waals surface area contributed by atoms with Crippen molar-refractivity contribution in [2.45, 2.75) is 18.8 Å². The standard InChI is InChI=1S/C14H12F2/c15-14(16)13-8-12(13)11-6-5-9-3-1-2-4-10(9)7-11/h1-7,12-14H,8H2/t12-,13+/m0/s1. The Kier molecular flexibility index (Phi) is 2.16. The minimum absolute atomic E-state index is 0.0737. The zero-order valence-electron chi connectivity index (χ0n) is 8.74. The van der Waals surface area contributed by atoms with Crippen molar-refractivity contribution < 1.29 is 8.78 Å². The molecule has 0 N–H and O–H groups in total. The SMILES string of the molecule is FC(F)[C@@H]1C[C@H]1c1ccc2ccccc2c1. The third kappa shape index (κ3) is 1.58. The van der Waals surface area contributed by atoms with E-state index in [1.54, 1.807) is 0 Å². The van der Waals surface area contributed by atoms with Gasteiger partial charge in [0.1, 0.15) is 0 Å². The Morgan fingerprint density at radius 1 is 1.00 bits per heavy atom. The van der Waals surface area contributed by atoms with Gasteiger partial charge in [0.15, 0.2) is 0 Å². The van der Waals surface area contributed by atoms with Gasteiger partial charge in [-0.25, -0.2) is 8.78 Å². The summed E-state index contributed by atoms with van der Waals surface area (Å²) in [4.78, 5) is 0. The topological polar surface area (TPSA) is 0 Å². The predicted molar refractivity (Wildman–Crippen MR) is 60.8 cm³/mol. The van der Waals surface area contributed by atoms with Gasteiger partial charge in [0, 0.05) is 5.92 Å². The van der Waals surface area contributed by atoms with E-state index in [4.69, 9.17) is 0 Å². The van der Waals surface area contributed by atoms with Gasteiger partial charge in [-0.2, -0.15) is 0 Å². The molecule has 3 rings (SSSR count). The van der Waals surface area contributed by atoms with E-state index in [1.807, 2.05) is 42.5 Å². The Balaban J connectivity index is 1.95. The Bertz CT molecular complexity index is 519. The monoisotopic (exact) mass is 218 g/mol. The predicted octanol–water partition coefficient (Wildman–Crippen LogP) is 4.21. The van der Waals surface area contributed by atoms with E-state index >= 15 is 0 Å². The molecule has 0 bridgehead atoms. The Labute approximate surface area is 92.9 Å². The molecular weight excluding hydrogens is 206 g/mol. The first-order valence-electron chi connectivity index (χ1n) is 5.52. The van der Waals surface area contributed by atoms with E-state index in [9.17, 15) is 8.78 Å². The summed E-state index contributed by atoms with van der Waals surface area (Å²) < 4.78 is 24.9. The molecule has 2 aromatic rings. The van der Waals surface area contributed by atoms with Crippen LogP contribution in [0.5, 0.6) is 0 Å². The lowest BCUT2D eigenvalue weighted by molar-refractivity contribution is 0.120. The van der Waals surface area contributed by atoms with Gasteiger partial charge in [0.05, 0.1) is 0 Å². The molecule has 2 atom stereocenters. The number of alkyl halides is 2. The van der Waals surface area contributed by atoms with Crippen LogP contribution in [0.25, 0.3) is 10.8 Å². The largest absolute Gasteiger partial charge is 0.242 e. The maximum Gasteiger partial charge on any atom is 0.242 e. The quantitative estimate of drug-likeness (QED) is 0.708. The molecule has 0 saturated heterocycles. The van der Waals surface area contributed by atoms with Crippen LogP contribution in [0.4, 0.5) is 8.78 Å². The Hall–Kier alpha value is -1.44. The highest BCUT2D eigenvalue weighted by molar-refractivity contribution is 5.83. The number of halogens is 2. The molecule has 2 heteroatoms.